The van der Waals surface area contributed by atoms with Crippen LogP contribution in [0, 0.1) is 0 Å². The zero-order valence-corrected chi connectivity index (χ0v) is 13.0. The summed E-state index contributed by atoms with van der Waals surface area (Å²) in [5, 5.41) is 3.09. The van der Waals surface area contributed by atoms with Gasteiger partial charge in [-0.25, -0.2) is 13.1 Å². The molecule has 0 radical (unpaired) electrons. The fourth-order valence-corrected chi connectivity index (χ4v) is 3.05. The zero-order chi connectivity index (χ0) is 15.3. The van der Waals surface area contributed by atoms with E-state index >= 15 is 0 Å². The lowest BCUT2D eigenvalue weighted by molar-refractivity contribution is 0.506. The van der Waals surface area contributed by atoms with Gasteiger partial charge in [-0.05, 0) is 43.8 Å². The summed E-state index contributed by atoms with van der Waals surface area (Å²) in [6, 6.07) is 10.7. The van der Waals surface area contributed by atoms with E-state index < -0.39 is 10.0 Å². The van der Waals surface area contributed by atoms with Crippen LogP contribution in [-0.4, -0.2) is 22.0 Å². The summed E-state index contributed by atoms with van der Waals surface area (Å²) in [6.07, 6.45) is 2.10. The molecule has 0 fully saturated rings. The van der Waals surface area contributed by atoms with Gasteiger partial charge in [-0.2, -0.15) is 0 Å². The Labute approximate surface area is 125 Å². The van der Waals surface area contributed by atoms with Crippen molar-refractivity contribution < 1.29 is 12.8 Å². The van der Waals surface area contributed by atoms with E-state index in [1.165, 1.54) is 0 Å². The second-order valence-electron chi connectivity index (χ2n) is 4.81. The first kappa shape index (κ1) is 15.8. The van der Waals surface area contributed by atoms with E-state index in [0.29, 0.717) is 13.0 Å². The highest BCUT2D eigenvalue weighted by atomic mass is 32.2. The van der Waals surface area contributed by atoms with Gasteiger partial charge in [0.25, 0.3) is 0 Å². The molecule has 1 aromatic heterocycles. The molecule has 0 aliphatic carbocycles. The zero-order valence-electron chi connectivity index (χ0n) is 12.2. The van der Waals surface area contributed by atoms with Gasteiger partial charge in [0.05, 0.1) is 11.2 Å². The Morgan fingerprint density at radius 2 is 2.05 bits per heavy atom. The molecular formula is C15H20N2O3S. The first-order chi connectivity index (χ1) is 10.0. The highest BCUT2D eigenvalue weighted by Crippen LogP contribution is 2.17. The summed E-state index contributed by atoms with van der Waals surface area (Å²) in [7, 11) is -1.66. The maximum Gasteiger partial charge on any atom is 0.240 e. The highest BCUT2D eigenvalue weighted by Gasteiger charge is 2.15. The molecule has 0 amide bonds. The van der Waals surface area contributed by atoms with E-state index in [-0.39, 0.29) is 10.9 Å². The van der Waals surface area contributed by atoms with Crippen molar-refractivity contribution in [3.63, 3.8) is 0 Å². The molecule has 0 aliphatic heterocycles. The Morgan fingerprint density at radius 3 is 2.71 bits per heavy atom. The first-order valence-electron chi connectivity index (χ1n) is 6.82. The molecule has 2 N–H and O–H groups in total. The minimum absolute atomic E-state index is 0.100. The average molecular weight is 308 g/mol. The Kier molecular flexibility index (Phi) is 5.17. The van der Waals surface area contributed by atoms with Crippen LogP contribution < -0.4 is 10.0 Å². The first-order valence-corrected chi connectivity index (χ1v) is 8.30. The minimum Gasteiger partial charge on any atom is -0.469 e. The maximum absolute atomic E-state index is 12.3. The number of rotatable bonds is 7. The molecule has 1 aromatic carbocycles. The van der Waals surface area contributed by atoms with Crippen molar-refractivity contribution in [3.8, 4) is 0 Å². The Hall–Kier alpha value is -1.63. The number of hydrogen-bond acceptors (Lipinski definition) is 4. The van der Waals surface area contributed by atoms with Crippen molar-refractivity contribution in [2.24, 2.45) is 0 Å². The summed E-state index contributed by atoms with van der Waals surface area (Å²) in [5.74, 6) is 0.759. The van der Waals surface area contributed by atoms with E-state index in [1.807, 2.05) is 26.1 Å². The van der Waals surface area contributed by atoms with E-state index in [9.17, 15) is 8.42 Å². The lowest BCUT2D eigenvalue weighted by Gasteiger charge is -2.12. The number of sulfonamides is 1. The molecule has 0 saturated carbocycles. The summed E-state index contributed by atoms with van der Waals surface area (Å²) in [4.78, 5) is 0.279. The van der Waals surface area contributed by atoms with Crippen LogP contribution >= 0.6 is 0 Å². The Morgan fingerprint density at radius 1 is 1.24 bits per heavy atom. The van der Waals surface area contributed by atoms with Crippen LogP contribution in [0.2, 0.25) is 0 Å². The second kappa shape index (κ2) is 6.89. The Bertz CT molecular complexity index is 666. The predicted octanol–water partition coefficient (Wildman–Crippen LogP) is 2.08. The van der Waals surface area contributed by atoms with Crippen LogP contribution in [-0.2, 0) is 16.4 Å². The minimum atomic E-state index is -3.50. The lowest BCUT2D eigenvalue weighted by Crippen LogP contribution is -2.26. The Balaban J connectivity index is 2.05. The van der Waals surface area contributed by atoms with Crippen molar-refractivity contribution in [1.29, 1.82) is 0 Å². The van der Waals surface area contributed by atoms with Gasteiger partial charge in [0.15, 0.2) is 0 Å². The van der Waals surface area contributed by atoms with Crippen molar-refractivity contribution in [2.75, 3.05) is 13.6 Å². The van der Waals surface area contributed by atoms with E-state index in [2.05, 4.69) is 10.0 Å². The van der Waals surface area contributed by atoms with Crippen LogP contribution in [0.5, 0.6) is 0 Å². The molecular weight excluding hydrogens is 288 g/mol. The summed E-state index contributed by atoms with van der Waals surface area (Å²) in [5.41, 5.74) is 0.936. The maximum atomic E-state index is 12.3. The fraction of sp³-hybridized carbons (Fsp3) is 0.333. The van der Waals surface area contributed by atoms with Crippen LogP contribution in [0.4, 0.5) is 0 Å². The van der Waals surface area contributed by atoms with Crippen LogP contribution in [0.1, 0.15) is 24.3 Å². The molecule has 2 rings (SSSR count). The smallest absolute Gasteiger partial charge is 0.240 e. The van der Waals surface area contributed by atoms with Gasteiger partial charge in [0.2, 0.25) is 10.0 Å². The van der Waals surface area contributed by atoms with Gasteiger partial charge in [-0.3, -0.25) is 0 Å². The molecule has 2 aromatic rings. The van der Waals surface area contributed by atoms with E-state index in [1.54, 1.807) is 30.5 Å². The molecule has 1 atom stereocenters. The summed E-state index contributed by atoms with van der Waals surface area (Å²) in [6.45, 7) is 2.29. The van der Waals surface area contributed by atoms with Gasteiger partial charge in [0, 0.05) is 19.0 Å². The van der Waals surface area contributed by atoms with Crippen molar-refractivity contribution >= 4 is 10.0 Å². The highest BCUT2D eigenvalue weighted by molar-refractivity contribution is 7.89. The van der Waals surface area contributed by atoms with Gasteiger partial charge in [0.1, 0.15) is 5.76 Å². The van der Waals surface area contributed by atoms with Gasteiger partial charge in [-0.1, -0.05) is 12.1 Å². The average Bonchev–Trinajstić information content (AvgIpc) is 2.99. The van der Waals surface area contributed by atoms with Crippen LogP contribution in [0.25, 0.3) is 0 Å². The SMILES string of the molecule is CNC(C)c1cccc(S(=O)(=O)NCCc2ccco2)c1. The normalized spacial score (nSPS) is 13.2. The molecule has 0 spiro atoms. The van der Waals surface area contributed by atoms with Crippen molar-refractivity contribution in [2.45, 2.75) is 24.3 Å². The number of benzene rings is 1. The largest absolute Gasteiger partial charge is 0.469 e. The van der Waals surface area contributed by atoms with E-state index in [0.717, 1.165) is 11.3 Å². The third kappa shape index (κ3) is 4.17. The second-order valence-corrected chi connectivity index (χ2v) is 6.58. The summed E-state index contributed by atoms with van der Waals surface area (Å²) >= 11 is 0. The van der Waals surface area contributed by atoms with Crippen molar-refractivity contribution in [3.05, 3.63) is 54.0 Å². The number of furan rings is 1. The predicted molar refractivity (Wildman–Crippen MR) is 81.5 cm³/mol. The van der Waals surface area contributed by atoms with Gasteiger partial charge >= 0.3 is 0 Å². The van der Waals surface area contributed by atoms with Crippen LogP contribution in [0.3, 0.4) is 0 Å². The topological polar surface area (TPSA) is 71.3 Å². The molecule has 5 nitrogen and oxygen atoms in total. The van der Waals surface area contributed by atoms with Crippen LogP contribution in [0.15, 0.2) is 52.0 Å². The monoisotopic (exact) mass is 308 g/mol. The lowest BCUT2D eigenvalue weighted by atomic mass is 10.1. The third-order valence-electron chi connectivity index (χ3n) is 3.34. The van der Waals surface area contributed by atoms with Crippen molar-refractivity contribution in [1.82, 2.24) is 10.0 Å². The molecule has 0 bridgehead atoms. The molecule has 114 valence electrons. The number of nitrogens with one attached hydrogen (secondary N) is 2. The quantitative estimate of drug-likeness (QED) is 0.821. The fourth-order valence-electron chi connectivity index (χ4n) is 1.96. The molecule has 1 unspecified atom stereocenters. The molecule has 1 heterocycles. The third-order valence-corrected chi connectivity index (χ3v) is 4.80. The van der Waals surface area contributed by atoms with Gasteiger partial charge < -0.3 is 9.73 Å². The van der Waals surface area contributed by atoms with E-state index in [4.69, 9.17) is 4.42 Å². The number of hydrogen-bond donors (Lipinski definition) is 2. The standard InChI is InChI=1S/C15H20N2O3S/c1-12(16-2)13-5-3-7-15(11-13)21(18,19)17-9-8-14-6-4-10-20-14/h3-7,10-12,16-17H,8-9H2,1-2H3. The molecule has 21 heavy (non-hydrogen) atoms. The molecule has 0 saturated heterocycles. The molecule has 0 aliphatic rings. The molecule has 6 heteroatoms. The summed E-state index contributed by atoms with van der Waals surface area (Å²) < 4.78 is 32.3. The van der Waals surface area contributed by atoms with Gasteiger partial charge in [-0.15, -0.1) is 0 Å².